The monoisotopic (exact) mass is 286 g/mol. The van der Waals surface area contributed by atoms with Gasteiger partial charge in [-0.1, -0.05) is 36.8 Å². The first-order chi connectivity index (χ1) is 10.2. The lowest BCUT2D eigenvalue weighted by Gasteiger charge is -2.32. The number of nitrogens with two attached hydrogens (primary N) is 1. The molecule has 4 atom stereocenters. The third-order valence-corrected chi connectivity index (χ3v) is 5.33. The molecule has 1 amide bonds. The second kappa shape index (κ2) is 6.18. The Balaban J connectivity index is 1.68. The van der Waals surface area contributed by atoms with Gasteiger partial charge in [0.05, 0.1) is 0 Å². The van der Waals surface area contributed by atoms with E-state index in [2.05, 4.69) is 42.2 Å². The highest BCUT2D eigenvalue weighted by molar-refractivity contribution is 5.79. The Labute approximate surface area is 127 Å². The van der Waals surface area contributed by atoms with Gasteiger partial charge in [0.1, 0.15) is 0 Å². The van der Waals surface area contributed by atoms with E-state index in [9.17, 15) is 4.79 Å². The van der Waals surface area contributed by atoms with E-state index in [-0.39, 0.29) is 12.0 Å². The average Bonchev–Trinajstić information content (AvgIpc) is 2.89. The average molecular weight is 286 g/mol. The standard InChI is InChI=1S/C18H26N2O/c1-13-17(14-6-3-2-4-7-14)10-11-20(13)18(21)15-8-5-9-16(19)12-15/h2-4,6-7,13,15-17H,5,8-12,19H2,1H3/t13-,15-,16-,17-/m1/s1. The van der Waals surface area contributed by atoms with Crippen molar-refractivity contribution in [2.45, 2.75) is 57.0 Å². The Hall–Kier alpha value is -1.35. The lowest BCUT2D eigenvalue weighted by molar-refractivity contribution is -0.137. The van der Waals surface area contributed by atoms with Crippen LogP contribution < -0.4 is 5.73 Å². The first-order valence-corrected chi connectivity index (χ1v) is 8.28. The minimum atomic E-state index is 0.158. The lowest BCUT2D eigenvalue weighted by atomic mass is 9.85. The Morgan fingerprint density at radius 1 is 1.19 bits per heavy atom. The van der Waals surface area contributed by atoms with Crippen LogP contribution in [0.25, 0.3) is 0 Å². The smallest absolute Gasteiger partial charge is 0.225 e. The zero-order valence-corrected chi connectivity index (χ0v) is 12.9. The molecule has 114 valence electrons. The molecule has 1 saturated carbocycles. The van der Waals surface area contributed by atoms with Crippen LogP contribution in [0.3, 0.4) is 0 Å². The van der Waals surface area contributed by atoms with Crippen molar-refractivity contribution in [1.82, 2.24) is 4.90 Å². The minimum Gasteiger partial charge on any atom is -0.339 e. The van der Waals surface area contributed by atoms with Crippen molar-refractivity contribution >= 4 is 5.91 Å². The Morgan fingerprint density at radius 3 is 2.67 bits per heavy atom. The molecular weight excluding hydrogens is 260 g/mol. The molecule has 1 saturated heterocycles. The minimum absolute atomic E-state index is 0.158. The van der Waals surface area contributed by atoms with Crippen molar-refractivity contribution in [2.75, 3.05) is 6.54 Å². The van der Waals surface area contributed by atoms with E-state index >= 15 is 0 Å². The maximum atomic E-state index is 12.8. The van der Waals surface area contributed by atoms with E-state index < -0.39 is 0 Å². The van der Waals surface area contributed by atoms with Crippen LogP contribution in [-0.4, -0.2) is 29.4 Å². The molecule has 0 bridgehead atoms. The zero-order valence-electron chi connectivity index (χ0n) is 12.9. The molecule has 2 N–H and O–H groups in total. The molecule has 21 heavy (non-hydrogen) atoms. The van der Waals surface area contributed by atoms with E-state index in [4.69, 9.17) is 5.73 Å². The van der Waals surface area contributed by atoms with E-state index in [1.54, 1.807) is 0 Å². The van der Waals surface area contributed by atoms with Crippen molar-refractivity contribution in [1.29, 1.82) is 0 Å². The number of carbonyl (C=O) groups excluding carboxylic acids is 1. The SMILES string of the molecule is C[C@@H]1[C@H](c2ccccc2)CCN1C(=O)[C@@H]1CCC[C@@H](N)C1. The number of rotatable bonds is 2. The summed E-state index contributed by atoms with van der Waals surface area (Å²) in [5.74, 6) is 0.981. The maximum absolute atomic E-state index is 12.8. The lowest BCUT2D eigenvalue weighted by Crippen LogP contribution is -2.42. The van der Waals surface area contributed by atoms with Crippen molar-refractivity contribution in [3.8, 4) is 0 Å². The Bertz CT molecular complexity index is 487. The highest BCUT2D eigenvalue weighted by Crippen LogP contribution is 2.35. The van der Waals surface area contributed by atoms with Gasteiger partial charge in [-0.15, -0.1) is 0 Å². The van der Waals surface area contributed by atoms with E-state index in [0.717, 1.165) is 38.6 Å². The van der Waals surface area contributed by atoms with Gasteiger partial charge in [0.25, 0.3) is 0 Å². The molecule has 3 nitrogen and oxygen atoms in total. The molecule has 3 rings (SSSR count). The van der Waals surface area contributed by atoms with Crippen molar-refractivity contribution in [2.24, 2.45) is 11.7 Å². The topological polar surface area (TPSA) is 46.3 Å². The highest BCUT2D eigenvalue weighted by atomic mass is 16.2. The third kappa shape index (κ3) is 2.98. The first kappa shape index (κ1) is 14.6. The summed E-state index contributed by atoms with van der Waals surface area (Å²) in [4.78, 5) is 14.9. The quantitative estimate of drug-likeness (QED) is 0.908. The zero-order chi connectivity index (χ0) is 14.8. The van der Waals surface area contributed by atoms with Gasteiger partial charge in [-0.3, -0.25) is 4.79 Å². The van der Waals surface area contributed by atoms with Crippen molar-refractivity contribution < 1.29 is 4.79 Å². The summed E-state index contributed by atoms with van der Waals surface area (Å²) in [5.41, 5.74) is 7.41. The second-order valence-corrected chi connectivity index (χ2v) is 6.70. The molecule has 1 aliphatic carbocycles. The summed E-state index contributed by atoms with van der Waals surface area (Å²) in [6.45, 7) is 3.09. The van der Waals surface area contributed by atoms with Crippen molar-refractivity contribution in [3.63, 3.8) is 0 Å². The van der Waals surface area contributed by atoms with Crippen LogP contribution in [0.4, 0.5) is 0 Å². The molecule has 2 aliphatic rings. The van der Waals surface area contributed by atoms with Gasteiger partial charge in [-0.25, -0.2) is 0 Å². The molecule has 0 spiro atoms. The molecular formula is C18H26N2O. The first-order valence-electron chi connectivity index (χ1n) is 8.28. The number of carbonyl (C=O) groups is 1. The largest absolute Gasteiger partial charge is 0.339 e. The third-order valence-electron chi connectivity index (χ3n) is 5.33. The Kier molecular flexibility index (Phi) is 4.29. The van der Waals surface area contributed by atoms with Crippen LogP contribution >= 0.6 is 0 Å². The number of nitrogens with zero attached hydrogens (tertiary/aromatic N) is 1. The van der Waals surface area contributed by atoms with Gasteiger partial charge in [0.2, 0.25) is 5.91 Å². The Morgan fingerprint density at radius 2 is 1.95 bits per heavy atom. The van der Waals surface area contributed by atoms with Gasteiger partial charge in [0.15, 0.2) is 0 Å². The predicted octanol–water partition coefficient (Wildman–Crippen LogP) is 2.91. The van der Waals surface area contributed by atoms with Crippen LogP contribution in [0.5, 0.6) is 0 Å². The van der Waals surface area contributed by atoms with Gasteiger partial charge in [0, 0.05) is 30.5 Å². The van der Waals surface area contributed by atoms with E-state index in [1.165, 1.54) is 5.56 Å². The molecule has 0 radical (unpaired) electrons. The molecule has 1 aromatic carbocycles. The fourth-order valence-electron chi connectivity index (χ4n) is 4.08. The number of benzene rings is 1. The van der Waals surface area contributed by atoms with Crippen LogP contribution in [-0.2, 0) is 4.79 Å². The number of hydrogen-bond acceptors (Lipinski definition) is 2. The molecule has 1 aromatic rings. The molecule has 1 aliphatic heterocycles. The van der Waals surface area contributed by atoms with E-state index in [0.29, 0.717) is 17.9 Å². The molecule has 2 fully saturated rings. The van der Waals surface area contributed by atoms with Crippen LogP contribution in [0, 0.1) is 5.92 Å². The summed E-state index contributed by atoms with van der Waals surface area (Å²) < 4.78 is 0. The number of amides is 1. The van der Waals surface area contributed by atoms with Gasteiger partial charge in [-0.05, 0) is 38.2 Å². The van der Waals surface area contributed by atoms with Crippen LogP contribution in [0.15, 0.2) is 30.3 Å². The number of hydrogen-bond donors (Lipinski definition) is 1. The molecule has 0 aromatic heterocycles. The fraction of sp³-hybridized carbons (Fsp3) is 0.611. The highest BCUT2D eigenvalue weighted by Gasteiger charge is 2.38. The maximum Gasteiger partial charge on any atom is 0.225 e. The molecule has 3 heteroatoms. The second-order valence-electron chi connectivity index (χ2n) is 6.70. The summed E-state index contributed by atoms with van der Waals surface area (Å²) in [6, 6.07) is 11.1. The van der Waals surface area contributed by atoms with Crippen molar-refractivity contribution in [3.05, 3.63) is 35.9 Å². The summed E-state index contributed by atoms with van der Waals surface area (Å²) in [7, 11) is 0. The summed E-state index contributed by atoms with van der Waals surface area (Å²) in [6.07, 6.45) is 5.15. The van der Waals surface area contributed by atoms with Crippen LogP contribution in [0.2, 0.25) is 0 Å². The van der Waals surface area contributed by atoms with E-state index in [1.807, 2.05) is 0 Å². The van der Waals surface area contributed by atoms with Gasteiger partial charge in [-0.2, -0.15) is 0 Å². The normalized spacial score (nSPS) is 33.1. The summed E-state index contributed by atoms with van der Waals surface area (Å²) >= 11 is 0. The molecule has 1 heterocycles. The number of likely N-dealkylation sites (tertiary alicyclic amines) is 1. The van der Waals surface area contributed by atoms with Crippen LogP contribution in [0.1, 0.15) is 50.5 Å². The fourth-order valence-corrected chi connectivity index (χ4v) is 4.08. The van der Waals surface area contributed by atoms with Gasteiger partial charge >= 0.3 is 0 Å². The predicted molar refractivity (Wildman–Crippen MR) is 84.9 cm³/mol. The van der Waals surface area contributed by atoms with Gasteiger partial charge < -0.3 is 10.6 Å². The summed E-state index contributed by atoms with van der Waals surface area (Å²) in [5, 5.41) is 0. The molecule has 0 unspecified atom stereocenters.